The molecule has 1 saturated heterocycles. The maximum atomic E-state index is 13.6. The zero-order valence-electron chi connectivity index (χ0n) is 22.8. The molecule has 2 aromatic heterocycles. The Kier molecular flexibility index (Phi) is 9.72. The molecule has 4 rings (SSSR count). The summed E-state index contributed by atoms with van der Waals surface area (Å²) in [5.74, 6) is -0.831. The van der Waals surface area contributed by atoms with Crippen molar-refractivity contribution in [1.82, 2.24) is 24.8 Å². The van der Waals surface area contributed by atoms with Gasteiger partial charge in [0.25, 0.3) is 12.3 Å². The van der Waals surface area contributed by atoms with Crippen LogP contribution in [0.25, 0.3) is 0 Å². The molecule has 2 amide bonds. The summed E-state index contributed by atoms with van der Waals surface area (Å²) in [6.45, 7) is 3.97. The summed E-state index contributed by atoms with van der Waals surface area (Å²) >= 11 is 0. The molecule has 1 aliphatic carbocycles. The first-order chi connectivity index (χ1) is 19.1. The van der Waals surface area contributed by atoms with Gasteiger partial charge in [-0.15, -0.1) is 0 Å². The second-order valence-electron chi connectivity index (χ2n) is 10.6. The zero-order valence-corrected chi connectivity index (χ0v) is 23.6. The molecule has 1 atom stereocenters. The lowest BCUT2D eigenvalue weighted by Gasteiger charge is -2.30. The Morgan fingerprint density at radius 2 is 1.80 bits per heavy atom. The summed E-state index contributed by atoms with van der Waals surface area (Å²) in [7, 11) is -4.27. The number of pyridine rings is 1. The molecule has 1 saturated carbocycles. The number of hydrogen-bond acceptors (Lipinski definition) is 7. The Morgan fingerprint density at radius 1 is 1.10 bits per heavy atom. The van der Waals surface area contributed by atoms with Crippen LogP contribution in [0.5, 0.6) is 0 Å². The van der Waals surface area contributed by atoms with Gasteiger partial charge >= 0.3 is 0 Å². The average molecular weight is 582 g/mol. The number of anilines is 2. The fourth-order valence-electron chi connectivity index (χ4n) is 5.35. The predicted molar refractivity (Wildman–Crippen MR) is 146 cm³/mol. The maximum Gasteiger partial charge on any atom is 0.270 e. The number of sulfonamides is 1. The smallest absolute Gasteiger partial charge is 0.270 e. The van der Waals surface area contributed by atoms with Crippen LogP contribution in [0.4, 0.5) is 20.3 Å². The van der Waals surface area contributed by atoms with Crippen molar-refractivity contribution in [1.29, 1.82) is 0 Å². The normalized spacial score (nSPS) is 17.4. The number of nitrogens with zero attached hydrogens (tertiary/aromatic N) is 4. The number of aromatic nitrogens is 3. The van der Waals surface area contributed by atoms with E-state index < -0.39 is 40.8 Å². The van der Waals surface area contributed by atoms with E-state index in [1.165, 1.54) is 6.07 Å². The number of halogens is 2. The Hall–Kier alpha value is -3.13. The van der Waals surface area contributed by atoms with Crippen LogP contribution in [0.15, 0.2) is 29.4 Å². The quantitative estimate of drug-likeness (QED) is 0.370. The van der Waals surface area contributed by atoms with E-state index in [1.54, 1.807) is 16.9 Å². The van der Waals surface area contributed by atoms with Gasteiger partial charge in [0.2, 0.25) is 15.9 Å². The fourth-order valence-corrected chi connectivity index (χ4v) is 6.51. The number of carbonyl (C=O) groups is 2. The first-order valence-electron chi connectivity index (χ1n) is 13.7. The molecular formula is C26H37F2N7O4S. The van der Waals surface area contributed by atoms with Crippen LogP contribution in [0.2, 0.25) is 0 Å². The van der Waals surface area contributed by atoms with Gasteiger partial charge in [0.05, 0.1) is 18.4 Å². The highest BCUT2D eigenvalue weighted by molar-refractivity contribution is 7.89. The molecule has 220 valence electrons. The molecule has 0 radical (unpaired) electrons. The number of amides is 2. The van der Waals surface area contributed by atoms with Gasteiger partial charge in [0.15, 0.2) is 0 Å². The maximum absolute atomic E-state index is 13.6. The third kappa shape index (κ3) is 7.14. The van der Waals surface area contributed by atoms with Gasteiger partial charge in [-0.25, -0.2) is 26.9 Å². The number of rotatable bonds is 11. The van der Waals surface area contributed by atoms with Crippen molar-refractivity contribution in [2.45, 2.75) is 82.2 Å². The minimum absolute atomic E-state index is 0.0455. The van der Waals surface area contributed by atoms with Crippen LogP contribution in [0, 0.1) is 5.92 Å². The molecule has 0 bridgehead atoms. The van der Waals surface area contributed by atoms with E-state index in [4.69, 9.17) is 0 Å². The molecule has 3 heterocycles. The van der Waals surface area contributed by atoms with Gasteiger partial charge in [0, 0.05) is 31.4 Å². The van der Waals surface area contributed by atoms with E-state index >= 15 is 0 Å². The van der Waals surface area contributed by atoms with Gasteiger partial charge in [-0.05, 0) is 51.5 Å². The van der Waals surface area contributed by atoms with E-state index in [9.17, 15) is 26.8 Å². The summed E-state index contributed by atoms with van der Waals surface area (Å²) in [5, 5.41) is 9.89. The minimum Gasteiger partial charge on any atom is -0.370 e. The van der Waals surface area contributed by atoms with Crippen molar-refractivity contribution in [2.24, 2.45) is 5.92 Å². The lowest BCUT2D eigenvalue weighted by molar-refractivity contribution is -0.119. The van der Waals surface area contributed by atoms with E-state index in [1.807, 2.05) is 23.5 Å². The standard InChI is InChI=1S/C26H37F2N7O4S/c1-17(2)35-19(10-11-30-35)25(36)33-24(18-8-4-3-5-9-18)26(37)32-23-14-20(34-12-6-7-13-34)21(15-29-23)40(38,39)31-16-22(27)28/h10-11,14-15,17-18,22,24,31H,3-9,12-13,16H2,1-2H3,(H,33,36)(H,29,32,37)/t24-/m0/s1. The van der Waals surface area contributed by atoms with Gasteiger partial charge in [-0.3, -0.25) is 14.3 Å². The molecule has 0 unspecified atom stereocenters. The Labute approximate surface area is 233 Å². The predicted octanol–water partition coefficient (Wildman–Crippen LogP) is 3.32. The SMILES string of the molecule is CC(C)n1nccc1C(=O)N[C@H](C(=O)Nc1cc(N2CCCC2)c(S(=O)(=O)NCC(F)F)cn1)C1CCCCC1. The Bertz CT molecular complexity index is 1290. The third-order valence-electron chi connectivity index (χ3n) is 7.34. The summed E-state index contributed by atoms with van der Waals surface area (Å²) in [4.78, 5) is 32.6. The van der Waals surface area contributed by atoms with E-state index in [-0.39, 0.29) is 28.4 Å². The molecule has 14 heteroatoms. The van der Waals surface area contributed by atoms with Gasteiger partial charge in [-0.2, -0.15) is 5.10 Å². The topological polar surface area (TPSA) is 138 Å². The lowest BCUT2D eigenvalue weighted by Crippen LogP contribution is -2.49. The number of hydrogen-bond donors (Lipinski definition) is 3. The first kappa shape index (κ1) is 29.8. The third-order valence-corrected chi connectivity index (χ3v) is 8.78. The minimum atomic E-state index is -4.27. The number of alkyl halides is 2. The second kappa shape index (κ2) is 13.0. The van der Waals surface area contributed by atoms with Crippen LogP contribution < -0.4 is 20.3 Å². The molecule has 40 heavy (non-hydrogen) atoms. The van der Waals surface area contributed by atoms with Gasteiger partial charge in [-0.1, -0.05) is 19.3 Å². The number of carbonyl (C=O) groups excluding carboxylic acids is 2. The molecule has 0 aromatic carbocycles. The monoisotopic (exact) mass is 581 g/mol. The molecule has 2 aliphatic rings. The second-order valence-corrected chi connectivity index (χ2v) is 12.3. The van der Waals surface area contributed by atoms with Crippen molar-refractivity contribution in [3.05, 3.63) is 30.2 Å². The van der Waals surface area contributed by atoms with Gasteiger partial charge < -0.3 is 15.5 Å². The molecule has 3 N–H and O–H groups in total. The van der Waals surface area contributed by atoms with Crippen molar-refractivity contribution in [3.8, 4) is 0 Å². The average Bonchev–Trinajstić information content (AvgIpc) is 3.64. The summed E-state index contributed by atoms with van der Waals surface area (Å²) in [6.07, 6.45) is 5.98. The highest BCUT2D eigenvalue weighted by Gasteiger charge is 2.33. The van der Waals surface area contributed by atoms with E-state index in [2.05, 4.69) is 20.7 Å². The first-order valence-corrected chi connectivity index (χ1v) is 15.2. The molecule has 2 fully saturated rings. The molecule has 0 spiro atoms. The van der Waals surface area contributed by atoms with Crippen LogP contribution in [-0.2, 0) is 14.8 Å². The summed E-state index contributed by atoms with van der Waals surface area (Å²) < 4.78 is 54.6. The summed E-state index contributed by atoms with van der Waals surface area (Å²) in [5.41, 5.74) is 0.632. The van der Waals surface area contributed by atoms with E-state index in [0.717, 1.165) is 51.1 Å². The largest absolute Gasteiger partial charge is 0.370 e. The highest BCUT2D eigenvalue weighted by Crippen LogP contribution is 2.31. The molecular weight excluding hydrogens is 544 g/mol. The highest BCUT2D eigenvalue weighted by atomic mass is 32.2. The van der Waals surface area contributed by atoms with Crippen LogP contribution >= 0.6 is 0 Å². The van der Waals surface area contributed by atoms with Crippen molar-refractivity contribution in [3.63, 3.8) is 0 Å². The van der Waals surface area contributed by atoms with Crippen molar-refractivity contribution in [2.75, 3.05) is 29.9 Å². The molecule has 11 nitrogen and oxygen atoms in total. The van der Waals surface area contributed by atoms with Crippen molar-refractivity contribution >= 4 is 33.3 Å². The Balaban J connectivity index is 1.59. The Morgan fingerprint density at radius 3 is 2.45 bits per heavy atom. The van der Waals surface area contributed by atoms with E-state index in [0.29, 0.717) is 18.8 Å². The van der Waals surface area contributed by atoms with Crippen LogP contribution in [-0.4, -0.2) is 67.1 Å². The summed E-state index contributed by atoms with van der Waals surface area (Å²) in [6, 6.07) is 2.18. The van der Waals surface area contributed by atoms with Gasteiger partial charge in [0.1, 0.15) is 22.4 Å². The van der Waals surface area contributed by atoms with Crippen molar-refractivity contribution < 1.29 is 26.8 Å². The molecule has 2 aromatic rings. The zero-order chi connectivity index (χ0) is 28.9. The van der Waals surface area contributed by atoms with Crippen LogP contribution in [0.3, 0.4) is 0 Å². The lowest BCUT2D eigenvalue weighted by atomic mass is 9.83. The van der Waals surface area contributed by atoms with Crippen LogP contribution in [0.1, 0.15) is 75.3 Å². The fraction of sp³-hybridized carbons (Fsp3) is 0.615. The number of nitrogens with one attached hydrogen (secondary N) is 3. The molecule has 1 aliphatic heterocycles.